The Balaban J connectivity index is 2.32. The molecule has 2 unspecified atom stereocenters. The van der Waals surface area contributed by atoms with Crippen molar-refractivity contribution in [1.29, 1.82) is 0 Å². The van der Waals surface area contributed by atoms with Gasteiger partial charge in [-0.05, 0) is 31.2 Å². The second-order valence-corrected chi connectivity index (χ2v) is 5.51. The molecule has 0 aliphatic heterocycles. The van der Waals surface area contributed by atoms with Gasteiger partial charge in [-0.2, -0.15) is 0 Å². The second kappa shape index (κ2) is 6.61. The predicted octanol–water partition coefficient (Wildman–Crippen LogP) is 2.82. The van der Waals surface area contributed by atoms with Crippen molar-refractivity contribution in [2.45, 2.75) is 44.5 Å². The zero-order valence-electron chi connectivity index (χ0n) is 12.8. The van der Waals surface area contributed by atoms with Gasteiger partial charge in [0.15, 0.2) is 5.82 Å². The Morgan fingerprint density at radius 1 is 1.30 bits per heavy atom. The zero-order valence-corrected chi connectivity index (χ0v) is 12.8. The van der Waals surface area contributed by atoms with Gasteiger partial charge in [0, 0.05) is 27.5 Å². The van der Waals surface area contributed by atoms with Crippen LogP contribution in [0.1, 0.15) is 50.4 Å². The highest BCUT2D eigenvalue weighted by Gasteiger charge is 2.39. The van der Waals surface area contributed by atoms with E-state index >= 15 is 0 Å². The molecule has 1 aromatic heterocycles. The Morgan fingerprint density at radius 2 is 2.05 bits per heavy atom. The van der Waals surface area contributed by atoms with Gasteiger partial charge >= 0.3 is 0 Å². The van der Waals surface area contributed by atoms with Crippen LogP contribution < -0.4 is 0 Å². The maximum absolute atomic E-state index is 5.83. The molecular formula is C15H24N2O3. The van der Waals surface area contributed by atoms with Gasteiger partial charge in [0.05, 0.1) is 0 Å². The van der Waals surface area contributed by atoms with Crippen LogP contribution in [0.2, 0.25) is 0 Å². The highest BCUT2D eigenvalue weighted by molar-refractivity contribution is 5.11. The summed E-state index contributed by atoms with van der Waals surface area (Å²) in [7, 11) is 4.95. The molecule has 5 nitrogen and oxygen atoms in total. The summed E-state index contributed by atoms with van der Waals surface area (Å²) in [5.41, 5.74) is 0.356. The van der Waals surface area contributed by atoms with Crippen LogP contribution in [-0.2, 0) is 19.8 Å². The Hall–Kier alpha value is -1.04. The highest BCUT2D eigenvalue weighted by Crippen LogP contribution is 2.41. The first-order valence-corrected chi connectivity index (χ1v) is 7.09. The molecule has 0 amide bonds. The summed E-state index contributed by atoms with van der Waals surface area (Å²) >= 11 is 0. The van der Waals surface area contributed by atoms with Gasteiger partial charge in [0.1, 0.15) is 11.3 Å². The highest BCUT2D eigenvalue weighted by atomic mass is 16.7. The normalized spacial score (nSPS) is 26.9. The van der Waals surface area contributed by atoms with Crippen LogP contribution >= 0.6 is 0 Å². The minimum Gasteiger partial charge on any atom is -0.370 e. The van der Waals surface area contributed by atoms with E-state index in [0.717, 1.165) is 30.8 Å². The molecular weight excluding hydrogens is 256 g/mol. The van der Waals surface area contributed by atoms with E-state index in [9.17, 15) is 0 Å². The number of aromatic nitrogens is 2. The fourth-order valence-corrected chi connectivity index (χ4v) is 3.04. The van der Waals surface area contributed by atoms with E-state index in [2.05, 4.69) is 16.9 Å². The summed E-state index contributed by atoms with van der Waals surface area (Å²) in [6.45, 7) is 2.25. The smallest absolute Gasteiger partial charge is 0.200 e. The average Bonchev–Trinajstić information content (AvgIpc) is 2.49. The predicted molar refractivity (Wildman–Crippen MR) is 75.1 cm³/mol. The van der Waals surface area contributed by atoms with Crippen LogP contribution in [0.4, 0.5) is 0 Å². The van der Waals surface area contributed by atoms with E-state index in [4.69, 9.17) is 14.2 Å². The van der Waals surface area contributed by atoms with Crippen molar-refractivity contribution in [3.8, 4) is 0 Å². The molecule has 0 saturated heterocycles. The number of hydrogen-bond acceptors (Lipinski definition) is 5. The molecule has 0 N–H and O–H groups in total. The Morgan fingerprint density at radius 3 is 2.65 bits per heavy atom. The summed E-state index contributed by atoms with van der Waals surface area (Å²) in [5.74, 6) is 1.36. The first-order chi connectivity index (χ1) is 9.65. The van der Waals surface area contributed by atoms with E-state index in [1.807, 2.05) is 6.07 Å². The van der Waals surface area contributed by atoms with Crippen molar-refractivity contribution < 1.29 is 14.2 Å². The number of hydrogen-bond donors (Lipinski definition) is 0. The molecule has 1 aliphatic rings. The quantitative estimate of drug-likeness (QED) is 0.776. The van der Waals surface area contributed by atoms with Crippen molar-refractivity contribution >= 4 is 0 Å². The van der Waals surface area contributed by atoms with Crippen molar-refractivity contribution in [3.63, 3.8) is 0 Å². The minimum atomic E-state index is -0.466. The van der Waals surface area contributed by atoms with E-state index in [-0.39, 0.29) is 5.60 Å². The molecule has 0 spiro atoms. The Kier molecular flexibility index (Phi) is 5.07. The summed E-state index contributed by atoms with van der Waals surface area (Å²) in [6.07, 6.45) is 5.58. The Bertz CT molecular complexity index is 437. The van der Waals surface area contributed by atoms with Gasteiger partial charge in [0.2, 0.25) is 6.29 Å². The molecule has 2 atom stereocenters. The lowest BCUT2D eigenvalue weighted by Gasteiger charge is -2.37. The van der Waals surface area contributed by atoms with Crippen LogP contribution in [0.3, 0.4) is 0 Å². The van der Waals surface area contributed by atoms with Crippen molar-refractivity contribution in [3.05, 3.63) is 23.8 Å². The number of methoxy groups -OCH3 is 3. The average molecular weight is 280 g/mol. The molecule has 1 heterocycles. The van der Waals surface area contributed by atoms with Gasteiger partial charge in [-0.15, -0.1) is 0 Å². The molecule has 0 aromatic carbocycles. The number of ether oxygens (including phenoxy) is 3. The maximum Gasteiger partial charge on any atom is 0.200 e. The van der Waals surface area contributed by atoms with E-state index < -0.39 is 6.29 Å². The van der Waals surface area contributed by atoms with E-state index in [1.54, 1.807) is 27.5 Å². The molecule has 1 aromatic rings. The zero-order chi connectivity index (χ0) is 14.6. The molecule has 2 rings (SSSR count). The first-order valence-electron chi connectivity index (χ1n) is 7.09. The van der Waals surface area contributed by atoms with Crippen LogP contribution in [-0.4, -0.2) is 31.3 Å². The topological polar surface area (TPSA) is 53.5 Å². The molecule has 1 saturated carbocycles. The van der Waals surface area contributed by atoms with Gasteiger partial charge in [-0.3, -0.25) is 0 Å². The summed E-state index contributed by atoms with van der Waals surface area (Å²) < 4.78 is 16.4. The molecule has 0 bridgehead atoms. The van der Waals surface area contributed by atoms with Crippen molar-refractivity contribution in [2.75, 3.05) is 21.3 Å². The van der Waals surface area contributed by atoms with Crippen LogP contribution in [0.15, 0.2) is 12.3 Å². The third kappa shape index (κ3) is 3.00. The first kappa shape index (κ1) is 15.4. The van der Waals surface area contributed by atoms with Crippen molar-refractivity contribution in [1.82, 2.24) is 9.97 Å². The molecule has 1 aliphatic carbocycles. The standard InChI is InChI=1S/C15H24N2O3/c1-11-6-5-8-15(10-11,20-4)14-16-9-7-12(17-14)13(18-2)19-3/h7,9,11,13H,5-6,8,10H2,1-4H3. The molecule has 1 fully saturated rings. The van der Waals surface area contributed by atoms with Gasteiger partial charge in [0.25, 0.3) is 0 Å². The number of nitrogens with zero attached hydrogens (tertiary/aromatic N) is 2. The molecule has 5 heteroatoms. The fraction of sp³-hybridized carbons (Fsp3) is 0.733. The lowest BCUT2D eigenvalue weighted by molar-refractivity contribution is -0.110. The SMILES string of the molecule is COC(OC)c1ccnc(C2(OC)CCCC(C)C2)n1. The minimum absolute atomic E-state index is 0.375. The van der Waals surface area contributed by atoms with Gasteiger partial charge in [-0.1, -0.05) is 13.3 Å². The molecule has 112 valence electrons. The fourth-order valence-electron chi connectivity index (χ4n) is 3.04. The van der Waals surface area contributed by atoms with Gasteiger partial charge in [-0.25, -0.2) is 9.97 Å². The third-order valence-electron chi connectivity index (χ3n) is 4.10. The van der Waals surface area contributed by atoms with Crippen LogP contribution in [0, 0.1) is 5.92 Å². The maximum atomic E-state index is 5.83. The lowest BCUT2D eigenvalue weighted by atomic mass is 9.78. The summed E-state index contributed by atoms with van der Waals surface area (Å²) in [5, 5.41) is 0. The summed E-state index contributed by atoms with van der Waals surface area (Å²) in [6, 6.07) is 1.82. The Labute approximate surface area is 120 Å². The van der Waals surface area contributed by atoms with Crippen molar-refractivity contribution in [2.24, 2.45) is 5.92 Å². The van der Waals surface area contributed by atoms with E-state index in [0.29, 0.717) is 5.92 Å². The van der Waals surface area contributed by atoms with Crippen LogP contribution in [0.5, 0.6) is 0 Å². The number of rotatable bonds is 5. The monoisotopic (exact) mass is 280 g/mol. The lowest BCUT2D eigenvalue weighted by Crippen LogP contribution is -2.36. The molecule has 0 radical (unpaired) electrons. The third-order valence-corrected chi connectivity index (χ3v) is 4.10. The summed E-state index contributed by atoms with van der Waals surface area (Å²) in [4.78, 5) is 9.07. The largest absolute Gasteiger partial charge is 0.370 e. The van der Waals surface area contributed by atoms with E-state index in [1.165, 1.54) is 6.42 Å². The molecule has 20 heavy (non-hydrogen) atoms. The van der Waals surface area contributed by atoms with Gasteiger partial charge < -0.3 is 14.2 Å². The second-order valence-electron chi connectivity index (χ2n) is 5.51. The van der Waals surface area contributed by atoms with Crippen LogP contribution in [0.25, 0.3) is 0 Å².